The second-order valence-electron chi connectivity index (χ2n) is 4.21. The number of carbonyl (C=O) groups is 1. The second-order valence-corrected chi connectivity index (χ2v) is 4.21. The Bertz CT molecular complexity index is 527. The van der Waals surface area contributed by atoms with Gasteiger partial charge < -0.3 is 15.0 Å². The first-order chi connectivity index (χ1) is 9.15. The molecule has 1 aromatic carbocycles. The number of amides is 1. The normalized spacial score (nSPS) is 18.8. The summed E-state index contributed by atoms with van der Waals surface area (Å²) in [5, 5.41) is 11.4. The summed E-state index contributed by atoms with van der Waals surface area (Å²) >= 11 is 0. The molecule has 1 aromatic rings. The number of likely N-dealkylation sites (N-methyl/N-ethyl adjacent to an activating group) is 1. The Morgan fingerprint density at radius 1 is 1.58 bits per heavy atom. The maximum atomic E-state index is 13.5. The zero-order valence-corrected chi connectivity index (χ0v) is 10.5. The number of ether oxygens (including phenoxy) is 1. The number of nitrogens with zero attached hydrogens (tertiary/aromatic N) is 2. The summed E-state index contributed by atoms with van der Waals surface area (Å²) in [4.78, 5) is 13.6. The molecule has 1 atom stereocenters. The molecular formula is C13H14FN3O2. The zero-order chi connectivity index (χ0) is 13.8. The van der Waals surface area contributed by atoms with Crippen molar-refractivity contribution in [2.45, 2.75) is 6.04 Å². The van der Waals surface area contributed by atoms with Crippen LogP contribution in [0.3, 0.4) is 0 Å². The fraction of sp³-hybridized carbons (Fsp3) is 0.385. The second kappa shape index (κ2) is 5.67. The third-order valence-electron chi connectivity index (χ3n) is 3.02. The first-order valence-corrected chi connectivity index (χ1v) is 5.92. The maximum Gasteiger partial charge on any atom is 0.244 e. The fourth-order valence-corrected chi connectivity index (χ4v) is 2.10. The molecule has 5 nitrogen and oxygen atoms in total. The van der Waals surface area contributed by atoms with Gasteiger partial charge in [0.1, 0.15) is 11.9 Å². The van der Waals surface area contributed by atoms with Crippen LogP contribution in [-0.2, 0) is 9.53 Å². The molecule has 1 unspecified atom stereocenters. The number of hydrogen-bond acceptors (Lipinski definition) is 4. The fourth-order valence-electron chi connectivity index (χ4n) is 2.10. The highest BCUT2D eigenvalue weighted by molar-refractivity contribution is 5.85. The number of nitriles is 1. The molecule has 0 saturated carbocycles. The lowest BCUT2D eigenvalue weighted by Crippen LogP contribution is -2.53. The maximum absolute atomic E-state index is 13.5. The molecule has 1 fully saturated rings. The molecule has 1 saturated heterocycles. The highest BCUT2D eigenvalue weighted by Gasteiger charge is 2.29. The van der Waals surface area contributed by atoms with Gasteiger partial charge in [0.25, 0.3) is 0 Å². The van der Waals surface area contributed by atoms with Gasteiger partial charge in [0.2, 0.25) is 5.91 Å². The van der Waals surface area contributed by atoms with Crippen LogP contribution in [0.4, 0.5) is 10.1 Å². The number of anilines is 1. The number of hydrogen-bond donors (Lipinski definition) is 1. The van der Waals surface area contributed by atoms with Crippen molar-refractivity contribution < 1.29 is 13.9 Å². The van der Waals surface area contributed by atoms with E-state index in [1.54, 1.807) is 18.0 Å². The van der Waals surface area contributed by atoms with Gasteiger partial charge in [-0.1, -0.05) is 0 Å². The lowest BCUT2D eigenvalue weighted by atomic mass is 10.1. The molecule has 0 bridgehead atoms. The molecule has 1 amide bonds. The number of rotatable bonds is 2. The summed E-state index contributed by atoms with van der Waals surface area (Å²) in [7, 11) is 1.54. The van der Waals surface area contributed by atoms with E-state index in [1.807, 2.05) is 6.07 Å². The average molecular weight is 263 g/mol. The molecule has 2 rings (SSSR count). The van der Waals surface area contributed by atoms with Gasteiger partial charge in [0.15, 0.2) is 0 Å². The molecule has 0 radical (unpaired) electrons. The van der Waals surface area contributed by atoms with Crippen molar-refractivity contribution in [3.63, 3.8) is 0 Å². The smallest absolute Gasteiger partial charge is 0.244 e. The minimum absolute atomic E-state index is 0.192. The zero-order valence-electron chi connectivity index (χ0n) is 10.5. The lowest BCUT2D eigenvalue weighted by Gasteiger charge is -2.36. The molecule has 1 N–H and O–H groups in total. The van der Waals surface area contributed by atoms with Gasteiger partial charge in [-0.05, 0) is 18.2 Å². The van der Waals surface area contributed by atoms with Crippen LogP contribution < -0.4 is 10.2 Å². The van der Waals surface area contributed by atoms with E-state index in [2.05, 4.69) is 5.32 Å². The van der Waals surface area contributed by atoms with E-state index in [9.17, 15) is 9.18 Å². The summed E-state index contributed by atoms with van der Waals surface area (Å²) < 4.78 is 18.8. The van der Waals surface area contributed by atoms with Crippen molar-refractivity contribution in [3.8, 4) is 6.07 Å². The Morgan fingerprint density at radius 3 is 3.05 bits per heavy atom. The number of nitrogens with one attached hydrogen (secondary N) is 1. The highest BCUT2D eigenvalue weighted by atomic mass is 19.1. The SMILES string of the molecule is CNC(=O)C1COCCN1c1cc(F)cc(C#N)c1. The van der Waals surface area contributed by atoms with Gasteiger partial charge in [-0.2, -0.15) is 5.26 Å². The predicted octanol–water partition coefficient (Wildman–Crippen LogP) is 0.649. The van der Waals surface area contributed by atoms with Crippen LogP contribution in [0.1, 0.15) is 5.56 Å². The van der Waals surface area contributed by atoms with Crippen LogP contribution in [0, 0.1) is 17.1 Å². The van der Waals surface area contributed by atoms with Crippen molar-refractivity contribution in [2.24, 2.45) is 0 Å². The van der Waals surface area contributed by atoms with Gasteiger partial charge >= 0.3 is 0 Å². The topological polar surface area (TPSA) is 65.4 Å². The molecule has 0 aliphatic carbocycles. The minimum atomic E-state index is -0.507. The first kappa shape index (κ1) is 13.3. The molecule has 1 aliphatic rings. The largest absolute Gasteiger partial charge is 0.377 e. The molecule has 1 aliphatic heterocycles. The Morgan fingerprint density at radius 2 is 2.37 bits per heavy atom. The van der Waals surface area contributed by atoms with Gasteiger partial charge in [0.05, 0.1) is 24.8 Å². The van der Waals surface area contributed by atoms with E-state index in [0.29, 0.717) is 18.8 Å². The van der Waals surface area contributed by atoms with E-state index in [-0.39, 0.29) is 18.1 Å². The third-order valence-corrected chi connectivity index (χ3v) is 3.02. The molecule has 100 valence electrons. The summed E-state index contributed by atoms with van der Waals surface area (Å²) in [6.45, 7) is 1.19. The van der Waals surface area contributed by atoms with Gasteiger partial charge in [-0.25, -0.2) is 4.39 Å². The van der Waals surface area contributed by atoms with Crippen LogP contribution in [0.5, 0.6) is 0 Å². The summed E-state index contributed by atoms with van der Waals surface area (Å²) in [5.74, 6) is -0.682. The number of halogens is 1. The summed E-state index contributed by atoms with van der Waals surface area (Å²) in [6, 6.07) is 5.46. The molecule has 19 heavy (non-hydrogen) atoms. The van der Waals surface area contributed by atoms with Crippen molar-refractivity contribution >= 4 is 11.6 Å². The lowest BCUT2D eigenvalue weighted by molar-refractivity contribution is -0.124. The number of benzene rings is 1. The van der Waals surface area contributed by atoms with E-state index in [4.69, 9.17) is 10.00 Å². The minimum Gasteiger partial charge on any atom is -0.377 e. The standard InChI is InChI=1S/C13H14FN3O2/c1-16-13(18)12-8-19-3-2-17(12)11-5-9(7-15)4-10(14)6-11/h4-6,12H,2-3,8H2,1H3,(H,16,18). The van der Waals surface area contributed by atoms with Crippen molar-refractivity contribution in [1.29, 1.82) is 5.26 Å². The highest BCUT2D eigenvalue weighted by Crippen LogP contribution is 2.22. The van der Waals surface area contributed by atoms with E-state index in [0.717, 1.165) is 0 Å². The van der Waals surface area contributed by atoms with Crippen LogP contribution in [-0.4, -0.2) is 38.8 Å². The molecule has 0 spiro atoms. The monoisotopic (exact) mass is 263 g/mol. The summed E-state index contributed by atoms with van der Waals surface area (Å²) in [5.41, 5.74) is 0.755. The Kier molecular flexibility index (Phi) is 3.97. The number of morpholine rings is 1. The van der Waals surface area contributed by atoms with Gasteiger partial charge in [-0.15, -0.1) is 0 Å². The van der Waals surface area contributed by atoms with Crippen molar-refractivity contribution in [3.05, 3.63) is 29.6 Å². The van der Waals surface area contributed by atoms with E-state index in [1.165, 1.54) is 12.1 Å². The van der Waals surface area contributed by atoms with Gasteiger partial charge in [-0.3, -0.25) is 4.79 Å². The Hall–Kier alpha value is -2.13. The Balaban J connectivity index is 2.35. The Labute approximate surface area is 110 Å². The quantitative estimate of drug-likeness (QED) is 0.850. The van der Waals surface area contributed by atoms with Crippen LogP contribution >= 0.6 is 0 Å². The first-order valence-electron chi connectivity index (χ1n) is 5.92. The molecule has 1 heterocycles. The molecule has 0 aromatic heterocycles. The third kappa shape index (κ3) is 2.83. The van der Waals surface area contributed by atoms with Crippen molar-refractivity contribution in [2.75, 3.05) is 31.7 Å². The van der Waals surface area contributed by atoms with Crippen LogP contribution in [0.25, 0.3) is 0 Å². The predicted molar refractivity (Wildman–Crippen MR) is 67.1 cm³/mol. The van der Waals surface area contributed by atoms with Crippen molar-refractivity contribution in [1.82, 2.24) is 5.32 Å². The molecule has 6 heteroatoms. The molecular weight excluding hydrogens is 249 g/mol. The van der Waals surface area contributed by atoms with E-state index < -0.39 is 11.9 Å². The summed E-state index contributed by atoms with van der Waals surface area (Å²) in [6.07, 6.45) is 0. The van der Waals surface area contributed by atoms with Crippen LogP contribution in [0.15, 0.2) is 18.2 Å². The van der Waals surface area contributed by atoms with E-state index >= 15 is 0 Å². The van der Waals surface area contributed by atoms with Gasteiger partial charge in [0, 0.05) is 19.3 Å². The average Bonchev–Trinajstić information content (AvgIpc) is 2.45. The van der Waals surface area contributed by atoms with Crippen LogP contribution in [0.2, 0.25) is 0 Å². The number of carbonyl (C=O) groups excluding carboxylic acids is 1.